The van der Waals surface area contributed by atoms with Crippen LogP contribution < -0.4 is 5.32 Å². The van der Waals surface area contributed by atoms with Gasteiger partial charge in [0, 0.05) is 12.1 Å². The van der Waals surface area contributed by atoms with Gasteiger partial charge in [-0.15, -0.1) is 10.2 Å². The normalized spacial score (nSPS) is 14.1. The molecule has 1 aliphatic rings. The first-order valence-electron chi connectivity index (χ1n) is 11.0. The van der Waals surface area contributed by atoms with E-state index in [1.807, 2.05) is 18.2 Å². The molecule has 1 saturated heterocycles. The van der Waals surface area contributed by atoms with Crippen molar-refractivity contribution in [2.24, 2.45) is 0 Å². The Kier molecular flexibility index (Phi) is 8.15. The predicted octanol–water partition coefficient (Wildman–Crippen LogP) is 4.60. The van der Waals surface area contributed by atoms with Crippen LogP contribution in [0.5, 0.6) is 0 Å². The molecule has 9 nitrogen and oxygen atoms in total. The Balaban J connectivity index is 1.45. The highest BCUT2D eigenvalue weighted by Gasteiger charge is 2.19. The van der Waals surface area contributed by atoms with Gasteiger partial charge in [0.05, 0.1) is 34.5 Å². The van der Waals surface area contributed by atoms with E-state index in [9.17, 15) is 14.9 Å². The number of likely N-dealkylation sites (tertiary alicyclic amines) is 1. The van der Waals surface area contributed by atoms with Crippen molar-refractivity contribution in [1.82, 2.24) is 19.7 Å². The summed E-state index contributed by atoms with van der Waals surface area (Å²) in [5.41, 5.74) is 1.33. The SMILES string of the molecule is O=C(CSc1nnc(CN2CCCCC2)n1Cc1ccccc1)Nc1ccc([N+](=O)[O-])cc1Cl. The van der Waals surface area contributed by atoms with Crippen molar-refractivity contribution in [1.29, 1.82) is 0 Å². The van der Waals surface area contributed by atoms with Crippen molar-refractivity contribution < 1.29 is 9.72 Å². The zero-order chi connectivity index (χ0) is 23.9. The maximum Gasteiger partial charge on any atom is 0.271 e. The molecule has 11 heteroatoms. The number of nitro groups is 1. The molecule has 0 aliphatic carbocycles. The summed E-state index contributed by atoms with van der Waals surface area (Å²) in [4.78, 5) is 25.3. The average Bonchev–Trinajstić information content (AvgIpc) is 3.21. The minimum Gasteiger partial charge on any atom is -0.324 e. The van der Waals surface area contributed by atoms with Crippen LogP contribution in [0.4, 0.5) is 11.4 Å². The molecule has 0 radical (unpaired) electrons. The van der Waals surface area contributed by atoms with E-state index in [1.54, 1.807) is 0 Å². The van der Waals surface area contributed by atoms with Crippen molar-refractivity contribution in [3.63, 3.8) is 0 Å². The average molecular weight is 501 g/mol. The Morgan fingerprint density at radius 3 is 2.56 bits per heavy atom. The van der Waals surface area contributed by atoms with E-state index < -0.39 is 4.92 Å². The van der Waals surface area contributed by atoms with E-state index in [0.29, 0.717) is 17.4 Å². The number of non-ortho nitro benzene ring substituents is 1. The van der Waals surface area contributed by atoms with Gasteiger partial charge in [-0.2, -0.15) is 0 Å². The number of thioether (sulfide) groups is 1. The Hall–Kier alpha value is -2.95. The molecule has 1 aliphatic heterocycles. The van der Waals surface area contributed by atoms with E-state index in [4.69, 9.17) is 11.6 Å². The van der Waals surface area contributed by atoms with Crippen LogP contribution in [0.15, 0.2) is 53.7 Å². The fraction of sp³-hybridized carbons (Fsp3) is 0.348. The van der Waals surface area contributed by atoms with Gasteiger partial charge in [-0.05, 0) is 37.6 Å². The van der Waals surface area contributed by atoms with Gasteiger partial charge < -0.3 is 9.88 Å². The lowest BCUT2D eigenvalue weighted by Crippen LogP contribution is -2.30. The number of rotatable bonds is 9. The first kappa shape index (κ1) is 24.2. The summed E-state index contributed by atoms with van der Waals surface area (Å²) in [6.45, 7) is 3.46. The molecule has 2 heterocycles. The number of carbonyl (C=O) groups is 1. The number of amides is 1. The maximum absolute atomic E-state index is 12.6. The molecule has 4 rings (SSSR count). The number of nitrogens with zero attached hydrogens (tertiary/aromatic N) is 5. The number of hydrogen-bond donors (Lipinski definition) is 1. The van der Waals surface area contributed by atoms with Crippen LogP contribution >= 0.6 is 23.4 Å². The molecule has 1 amide bonds. The second kappa shape index (κ2) is 11.5. The molecule has 1 fully saturated rings. The van der Waals surface area contributed by atoms with Crippen molar-refractivity contribution in [2.75, 3.05) is 24.2 Å². The molecule has 0 spiro atoms. The van der Waals surface area contributed by atoms with Gasteiger partial charge in [0.15, 0.2) is 5.16 Å². The second-order valence-corrected chi connectivity index (χ2v) is 9.42. The van der Waals surface area contributed by atoms with E-state index >= 15 is 0 Å². The highest BCUT2D eigenvalue weighted by atomic mass is 35.5. The number of benzene rings is 2. The summed E-state index contributed by atoms with van der Waals surface area (Å²) in [7, 11) is 0. The summed E-state index contributed by atoms with van der Waals surface area (Å²) in [6, 6.07) is 14.0. The molecular weight excluding hydrogens is 476 g/mol. The first-order chi connectivity index (χ1) is 16.5. The minimum atomic E-state index is -0.533. The maximum atomic E-state index is 12.6. The third kappa shape index (κ3) is 6.34. The highest BCUT2D eigenvalue weighted by molar-refractivity contribution is 7.99. The largest absolute Gasteiger partial charge is 0.324 e. The number of hydrogen-bond acceptors (Lipinski definition) is 7. The number of anilines is 1. The number of carbonyl (C=O) groups excluding carboxylic acids is 1. The van der Waals surface area contributed by atoms with Crippen molar-refractivity contribution in [3.8, 4) is 0 Å². The quantitative estimate of drug-likeness (QED) is 0.260. The fourth-order valence-electron chi connectivity index (χ4n) is 3.82. The van der Waals surface area contributed by atoms with Crippen molar-refractivity contribution in [2.45, 2.75) is 37.5 Å². The minimum absolute atomic E-state index is 0.101. The van der Waals surface area contributed by atoms with Gasteiger partial charge in [0.1, 0.15) is 5.82 Å². The molecule has 0 saturated carbocycles. The Morgan fingerprint density at radius 1 is 1.09 bits per heavy atom. The second-order valence-electron chi connectivity index (χ2n) is 8.07. The Bertz CT molecular complexity index is 1150. The molecule has 34 heavy (non-hydrogen) atoms. The third-order valence-corrected chi connectivity index (χ3v) is 6.84. The Labute approximate surface area is 206 Å². The fourth-order valence-corrected chi connectivity index (χ4v) is 4.80. The Morgan fingerprint density at radius 2 is 1.85 bits per heavy atom. The topological polar surface area (TPSA) is 106 Å². The zero-order valence-corrected chi connectivity index (χ0v) is 20.1. The molecule has 178 valence electrons. The standard InChI is InChI=1S/C23H25ClN6O3S/c24-19-13-18(30(32)33)9-10-20(19)25-22(31)16-34-23-27-26-21(15-28-11-5-2-6-12-28)29(23)14-17-7-3-1-4-8-17/h1,3-4,7-10,13H,2,5-6,11-12,14-16H2,(H,25,31). The van der Waals surface area contributed by atoms with Gasteiger partial charge in [-0.1, -0.05) is 60.1 Å². The van der Waals surface area contributed by atoms with Crippen LogP contribution in [0.1, 0.15) is 30.7 Å². The summed E-state index contributed by atoms with van der Waals surface area (Å²) in [5.74, 6) is 0.698. The summed E-state index contributed by atoms with van der Waals surface area (Å²) in [5, 5.41) is 23.2. The van der Waals surface area contributed by atoms with Crippen LogP contribution in [0.25, 0.3) is 0 Å². The lowest BCUT2D eigenvalue weighted by molar-refractivity contribution is -0.384. The van der Waals surface area contributed by atoms with Gasteiger partial charge in [-0.25, -0.2) is 0 Å². The van der Waals surface area contributed by atoms with E-state index in [-0.39, 0.29) is 22.4 Å². The lowest BCUT2D eigenvalue weighted by Gasteiger charge is -2.26. The first-order valence-corrected chi connectivity index (χ1v) is 12.4. The molecule has 1 N–H and O–H groups in total. The predicted molar refractivity (Wildman–Crippen MR) is 132 cm³/mol. The van der Waals surface area contributed by atoms with Gasteiger partial charge in [0.25, 0.3) is 5.69 Å². The van der Waals surface area contributed by atoms with E-state index in [0.717, 1.165) is 31.0 Å². The molecule has 0 unspecified atom stereocenters. The van der Waals surface area contributed by atoms with Gasteiger partial charge in [-0.3, -0.25) is 19.8 Å². The molecular formula is C23H25ClN6O3S. The smallest absolute Gasteiger partial charge is 0.271 e. The molecule has 2 aromatic carbocycles. The number of nitro benzene ring substituents is 1. The summed E-state index contributed by atoms with van der Waals surface area (Å²) in [6.07, 6.45) is 3.65. The van der Waals surface area contributed by atoms with Crippen LogP contribution in [-0.2, 0) is 17.9 Å². The zero-order valence-electron chi connectivity index (χ0n) is 18.5. The van der Waals surface area contributed by atoms with Crippen LogP contribution in [0, 0.1) is 10.1 Å². The number of aromatic nitrogens is 3. The van der Waals surface area contributed by atoms with Crippen molar-refractivity contribution in [3.05, 3.63) is 75.1 Å². The van der Waals surface area contributed by atoms with Crippen LogP contribution in [0.3, 0.4) is 0 Å². The highest BCUT2D eigenvalue weighted by Crippen LogP contribution is 2.27. The van der Waals surface area contributed by atoms with Gasteiger partial charge in [0.2, 0.25) is 5.91 Å². The lowest BCUT2D eigenvalue weighted by atomic mass is 10.1. The van der Waals surface area contributed by atoms with E-state index in [1.165, 1.54) is 49.2 Å². The third-order valence-electron chi connectivity index (χ3n) is 5.56. The molecule has 3 aromatic rings. The van der Waals surface area contributed by atoms with Crippen LogP contribution in [0.2, 0.25) is 5.02 Å². The van der Waals surface area contributed by atoms with Crippen molar-refractivity contribution >= 4 is 40.6 Å². The number of piperidine rings is 1. The molecule has 1 aromatic heterocycles. The molecule has 0 atom stereocenters. The monoisotopic (exact) mass is 500 g/mol. The number of halogens is 1. The van der Waals surface area contributed by atoms with Gasteiger partial charge >= 0.3 is 0 Å². The summed E-state index contributed by atoms with van der Waals surface area (Å²) < 4.78 is 2.07. The van der Waals surface area contributed by atoms with E-state index in [2.05, 4.69) is 37.1 Å². The summed E-state index contributed by atoms with van der Waals surface area (Å²) >= 11 is 7.39. The number of nitrogens with one attached hydrogen (secondary N) is 1. The van der Waals surface area contributed by atoms with Crippen LogP contribution in [-0.4, -0.2) is 49.3 Å². The molecule has 0 bridgehead atoms.